The Hall–Kier alpha value is -3.20. The standard InChI is InChI=1S/C28H38N6O3/c1-4-18(2)5-12-25(35)33-15-23-24(16-33)31-27(34-13-14-37-17-19(34)3)32-26(23)20-6-8-21(9-7-20)29-28(36)30-22-10-11-22/h6-9,18-19,22H,4-5,10-17H2,1-3H3,(H2,29,30,36). The first kappa shape index (κ1) is 25.4. The van der Waals surface area contributed by atoms with E-state index in [0.29, 0.717) is 50.6 Å². The number of urea groups is 1. The first-order valence-electron chi connectivity index (χ1n) is 13.6. The third-order valence-electron chi connectivity index (χ3n) is 7.62. The van der Waals surface area contributed by atoms with Gasteiger partial charge >= 0.3 is 6.03 Å². The summed E-state index contributed by atoms with van der Waals surface area (Å²) < 4.78 is 5.63. The first-order valence-corrected chi connectivity index (χ1v) is 13.6. The highest BCUT2D eigenvalue weighted by atomic mass is 16.5. The molecule has 1 saturated heterocycles. The average molecular weight is 507 g/mol. The smallest absolute Gasteiger partial charge is 0.319 e. The summed E-state index contributed by atoms with van der Waals surface area (Å²) in [5, 5.41) is 5.85. The molecule has 2 unspecified atom stereocenters. The van der Waals surface area contributed by atoms with E-state index < -0.39 is 0 Å². The molecule has 1 aliphatic carbocycles. The van der Waals surface area contributed by atoms with Gasteiger partial charge in [-0.25, -0.2) is 14.8 Å². The van der Waals surface area contributed by atoms with Gasteiger partial charge in [-0.1, -0.05) is 32.4 Å². The normalized spacial score (nSPS) is 19.9. The fourth-order valence-corrected chi connectivity index (χ4v) is 4.83. The average Bonchev–Trinajstić information content (AvgIpc) is 3.60. The Morgan fingerprint density at radius 1 is 1.16 bits per heavy atom. The molecule has 2 atom stereocenters. The third-order valence-corrected chi connectivity index (χ3v) is 7.62. The molecule has 0 bridgehead atoms. The van der Waals surface area contributed by atoms with Gasteiger partial charge in [0, 0.05) is 35.8 Å². The molecule has 0 spiro atoms. The molecule has 3 heterocycles. The van der Waals surface area contributed by atoms with Crippen LogP contribution in [0.4, 0.5) is 16.4 Å². The number of benzene rings is 1. The van der Waals surface area contributed by atoms with E-state index in [1.54, 1.807) is 0 Å². The number of hydrogen-bond acceptors (Lipinski definition) is 6. The molecule has 0 radical (unpaired) electrons. The van der Waals surface area contributed by atoms with Crippen molar-refractivity contribution >= 4 is 23.6 Å². The molecule has 2 aliphatic heterocycles. The fourth-order valence-electron chi connectivity index (χ4n) is 4.83. The van der Waals surface area contributed by atoms with Crippen LogP contribution in [-0.2, 0) is 22.6 Å². The molecule has 3 amide bonds. The van der Waals surface area contributed by atoms with Gasteiger partial charge in [0.25, 0.3) is 0 Å². The highest BCUT2D eigenvalue weighted by Gasteiger charge is 2.31. The maximum absolute atomic E-state index is 13.1. The second-order valence-corrected chi connectivity index (χ2v) is 10.7. The van der Waals surface area contributed by atoms with E-state index >= 15 is 0 Å². The Labute approximate surface area is 219 Å². The second kappa shape index (κ2) is 11.0. The highest BCUT2D eigenvalue weighted by molar-refractivity contribution is 5.90. The zero-order valence-corrected chi connectivity index (χ0v) is 22.1. The lowest BCUT2D eigenvalue weighted by Crippen LogP contribution is -2.44. The molecule has 1 aromatic heterocycles. The molecule has 198 valence electrons. The van der Waals surface area contributed by atoms with Gasteiger partial charge in [-0.3, -0.25) is 4.79 Å². The number of rotatable bonds is 8. The van der Waals surface area contributed by atoms with Gasteiger partial charge in [-0.15, -0.1) is 0 Å². The zero-order valence-electron chi connectivity index (χ0n) is 22.1. The van der Waals surface area contributed by atoms with Crippen LogP contribution in [0.25, 0.3) is 11.3 Å². The molecular weight excluding hydrogens is 468 g/mol. The lowest BCUT2D eigenvalue weighted by atomic mass is 10.0. The van der Waals surface area contributed by atoms with Crippen LogP contribution in [0.3, 0.4) is 0 Å². The van der Waals surface area contributed by atoms with Gasteiger partial charge in [-0.2, -0.15) is 0 Å². The van der Waals surface area contributed by atoms with Crippen LogP contribution in [-0.4, -0.2) is 58.6 Å². The summed E-state index contributed by atoms with van der Waals surface area (Å²) in [7, 11) is 0. The fraction of sp³-hybridized carbons (Fsp3) is 0.571. The molecule has 9 heteroatoms. The quantitative estimate of drug-likeness (QED) is 0.553. The monoisotopic (exact) mass is 506 g/mol. The van der Waals surface area contributed by atoms with Crippen LogP contribution in [0.2, 0.25) is 0 Å². The van der Waals surface area contributed by atoms with Crippen LogP contribution in [0.5, 0.6) is 0 Å². The number of fused-ring (bicyclic) bond motifs is 1. The molecule has 5 rings (SSSR count). The van der Waals surface area contributed by atoms with Gasteiger partial charge in [0.05, 0.1) is 43.7 Å². The van der Waals surface area contributed by atoms with Crippen molar-refractivity contribution in [1.82, 2.24) is 20.2 Å². The van der Waals surface area contributed by atoms with Gasteiger partial charge < -0.3 is 25.2 Å². The van der Waals surface area contributed by atoms with Crippen molar-refractivity contribution in [1.29, 1.82) is 0 Å². The van der Waals surface area contributed by atoms with Crippen molar-refractivity contribution in [2.24, 2.45) is 5.92 Å². The molecule has 1 aromatic carbocycles. The van der Waals surface area contributed by atoms with Gasteiger partial charge in [-0.05, 0) is 44.2 Å². The molecule has 1 saturated carbocycles. The number of carbonyl (C=O) groups is 2. The number of carbonyl (C=O) groups excluding carboxylic acids is 2. The molecular formula is C28H38N6O3. The Kier molecular flexibility index (Phi) is 7.60. The van der Waals surface area contributed by atoms with E-state index in [1.807, 2.05) is 29.2 Å². The van der Waals surface area contributed by atoms with Crippen LogP contribution in [0.15, 0.2) is 24.3 Å². The van der Waals surface area contributed by atoms with Crippen LogP contribution < -0.4 is 15.5 Å². The summed E-state index contributed by atoms with van der Waals surface area (Å²) in [6.45, 7) is 9.52. The minimum atomic E-state index is -0.173. The van der Waals surface area contributed by atoms with E-state index in [-0.39, 0.29) is 18.0 Å². The lowest BCUT2D eigenvalue weighted by molar-refractivity contribution is -0.132. The van der Waals surface area contributed by atoms with Crippen LogP contribution >= 0.6 is 0 Å². The summed E-state index contributed by atoms with van der Waals surface area (Å²) in [4.78, 5) is 39.3. The van der Waals surface area contributed by atoms with Crippen molar-refractivity contribution in [3.8, 4) is 11.3 Å². The van der Waals surface area contributed by atoms with E-state index in [0.717, 1.165) is 60.4 Å². The van der Waals surface area contributed by atoms with Crippen LogP contribution in [0.1, 0.15) is 64.1 Å². The molecule has 2 fully saturated rings. The molecule has 9 nitrogen and oxygen atoms in total. The second-order valence-electron chi connectivity index (χ2n) is 10.7. The topological polar surface area (TPSA) is 99.7 Å². The lowest BCUT2D eigenvalue weighted by Gasteiger charge is -2.33. The largest absolute Gasteiger partial charge is 0.377 e. The Bertz CT molecular complexity index is 1130. The van der Waals surface area contributed by atoms with Crippen molar-refractivity contribution in [2.75, 3.05) is 30.0 Å². The number of morpholine rings is 1. The van der Waals surface area contributed by atoms with Crippen molar-refractivity contribution < 1.29 is 14.3 Å². The Balaban J connectivity index is 1.40. The zero-order chi connectivity index (χ0) is 25.9. The van der Waals surface area contributed by atoms with E-state index in [4.69, 9.17) is 14.7 Å². The predicted octanol–water partition coefficient (Wildman–Crippen LogP) is 4.32. The summed E-state index contributed by atoms with van der Waals surface area (Å²) in [6.07, 6.45) is 4.64. The minimum Gasteiger partial charge on any atom is -0.377 e. The van der Waals surface area contributed by atoms with E-state index in [9.17, 15) is 9.59 Å². The minimum absolute atomic E-state index is 0.172. The van der Waals surface area contributed by atoms with Crippen molar-refractivity contribution in [3.63, 3.8) is 0 Å². The predicted molar refractivity (Wildman–Crippen MR) is 143 cm³/mol. The summed E-state index contributed by atoms with van der Waals surface area (Å²) in [6, 6.07) is 8.07. The maximum atomic E-state index is 13.1. The van der Waals surface area contributed by atoms with Crippen molar-refractivity contribution in [2.45, 2.75) is 78.0 Å². The van der Waals surface area contributed by atoms with Gasteiger partial charge in [0.1, 0.15) is 0 Å². The third kappa shape index (κ3) is 6.04. The maximum Gasteiger partial charge on any atom is 0.319 e. The molecule has 2 aromatic rings. The molecule has 3 aliphatic rings. The van der Waals surface area contributed by atoms with Gasteiger partial charge in [0.15, 0.2) is 0 Å². The SMILES string of the molecule is CCC(C)CCC(=O)N1Cc2nc(N3CCOCC3C)nc(-c3ccc(NC(=O)NC4CC4)cc3)c2C1. The van der Waals surface area contributed by atoms with Gasteiger partial charge in [0.2, 0.25) is 11.9 Å². The number of ether oxygens (including phenoxy) is 1. The highest BCUT2D eigenvalue weighted by Crippen LogP contribution is 2.34. The molecule has 37 heavy (non-hydrogen) atoms. The number of hydrogen-bond donors (Lipinski definition) is 2. The Morgan fingerprint density at radius 2 is 1.95 bits per heavy atom. The Morgan fingerprint density at radius 3 is 2.65 bits per heavy atom. The summed E-state index contributed by atoms with van der Waals surface area (Å²) >= 11 is 0. The summed E-state index contributed by atoms with van der Waals surface area (Å²) in [5.74, 6) is 1.40. The van der Waals surface area contributed by atoms with Crippen LogP contribution in [0, 0.1) is 5.92 Å². The number of aromatic nitrogens is 2. The van der Waals surface area contributed by atoms with E-state index in [2.05, 4.69) is 36.3 Å². The van der Waals surface area contributed by atoms with E-state index in [1.165, 1.54) is 0 Å². The first-order chi connectivity index (χ1) is 17.9. The molecule has 2 N–H and O–H groups in total. The number of anilines is 2. The summed E-state index contributed by atoms with van der Waals surface area (Å²) in [5.41, 5.74) is 4.46. The number of nitrogens with zero attached hydrogens (tertiary/aromatic N) is 4. The number of nitrogens with one attached hydrogen (secondary N) is 2. The van der Waals surface area contributed by atoms with Crippen molar-refractivity contribution in [3.05, 3.63) is 35.5 Å². The number of amides is 3.